The van der Waals surface area contributed by atoms with E-state index in [-0.39, 0.29) is 0 Å². The average Bonchev–Trinajstić information content (AvgIpc) is 2.67. The fourth-order valence-electron chi connectivity index (χ4n) is 0.904. The van der Waals surface area contributed by atoms with Gasteiger partial charge in [-0.1, -0.05) is 12.1 Å². The maximum Gasteiger partial charge on any atom is 0.240 e. The van der Waals surface area contributed by atoms with Crippen LogP contribution in [0.4, 0.5) is 0 Å². The Labute approximate surface area is 74.8 Å². The topological polar surface area (TPSA) is 64.7 Å². The van der Waals surface area contributed by atoms with Crippen molar-refractivity contribution < 1.29 is 4.52 Å². The van der Waals surface area contributed by atoms with E-state index in [4.69, 9.17) is 4.52 Å². The largest absolute Gasteiger partial charge is 0.339 e. The monoisotopic (exact) mass is 176 g/mol. The summed E-state index contributed by atoms with van der Waals surface area (Å²) in [6, 6.07) is 1.74. The molecule has 2 rings (SSSR count). The quantitative estimate of drug-likeness (QED) is 0.685. The zero-order valence-corrected chi connectivity index (χ0v) is 7.14. The first-order chi connectivity index (χ1) is 6.40. The second-order valence-electron chi connectivity index (χ2n) is 2.44. The van der Waals surface area contributed by atoms with Crippen LogP contribution in [-0.4, -0.2) is 20.1 Å². The maximum atomic E-state index is 4.93. The summed E-state index contributed by atoms with van der Waals surface area (Å²) in [7, 11) is 0. The van der Waals surface area contributed by atoms with Gasteiger partial charge in [-0.25, -0.2) is 9.97 Å². The molecule has 66 valence electrons. The van der Waals surface area contributed by atoms with Crippen LogP contribution in [0.5, 0.6) is 0 Å². The highest BCUT2D eigenvalue weighted by Gasteiger charge is 2.08. The molecule has 0 aliphatic carbocycles. The highest BCUT2D eigenvalue weighted by atomic mass is 16.5. The molecule has 2 aromatic rings. The minimum atomic E-state index is 0.442. The highest BCUT2D eigenvalue weighted by Crippen LogP contribution is 2.08. The highest BCUT2D eigenvalue weighted by molar-refractivity contribution is 5.40. The Morgan fingerprint density at radius 2 is 2.00 bits per heavy atom. The molecule has 0 aromatic carbocycles. The second-order valence-corrected chi connectivity index (χ2v) is 2.44. The van der Waals surface area contributed by atoms with Crippen LogP contribution < -0.4 is 0 Å². The molecule has 0 amide bonds. The molecule has 2 aromatic heterocycles. The Morgan fingerprint density at radius 3 is 2.62 bits per heavy atom. The Bertz CT molecular complexity index is 384. The van der Waals surface area contributed by atoms with Crippen molar-refractivity contribution in [2.24, 2.45) is 0 Å². The summed E-state index contributed by atoms with van der Waals surface area (Å²) in [5.74, 6) is 1.53. The van der Waals surface area contributed by atoms with Crippen LogP contribution in [0, 0.1) is 0 Å². The van der Waals surface area contributed by atoms with E-state index >= 15 is 0 Å². The minimum Gasteiger partial charge on any atom is -0.339 e. The van der Waals surface area contributed by atoms with Gasteiger partial charge in [-0.3, -0.25) is 0 Å². The molecule has 0 spiro atoms. The average molecular weight is 176 g/mol. The van der Waals surface area contributed by atoms with Crippen LogP contribution in [0.3, 0.4) is 0 Å². The summed E-state index contributed by atoms with van der Waals surface area (Å²) in [5, 5.41) is 3.75. The number of hydrogen-bond donors (Lipinski definition) is 0. The molecule has 0 unspecified atom stereocenters. The van der Waals surface area contributed by atoms with E-state index in [9.17, 15) is 0 Å². The third-order valence-electron chi connectivity index (χ3n) is 1.54. The molecule has 0 N–H and O–H groups in total. The van der Waals surface area contributed by atoms with Crippen molar-refractivity contribution in [3.63, 3.8) is 0 Å². The van der Waals surface area contributed by atoms with Gasteiger partial charge in [0.05, 0.1) is 0 Å². The minimum absolute atomic E-state index is 0.442. The Kier molecular flexibility index (Phi) is 1.99. The van der Waals surface area contributed by atoms with E-state index in [0.29, 0.717) is 17.5 Å². The molecule has 0 radical (unpaired) electrons. The number of aryl methyl sites for hydroxylation is 1. The fourth-order valence-corrected chi connectivity index (χ4v) is 0.904. The molecule has 0 aliphatic rings. The molecule has 0 bridgehead atoms. The molecule has 13 heavy (non-hydrogen) atoms. The normalized spacial score (nSPS) is 10.2. The van der Waals surface area contributed by atoms with Crippen LogP contribution in [-0.2, 0) is 6.42 Å². The lowest BCUT2D eigenvalue weighted by atomic mass is 10.5. The van der Waals surface area contributed by atoms with Crippen molar-refractivity contribution in [3.8, 4) is 11.6 Å². The van der Waals surface area contributed by atoms with Gasteiger partial charge in [0, 0.05) is 18.8 Å². The van der Waals surface area contributed by atoms with E-state index in [1.54, 1.807) is 18.5 Å². The van der Waals surface area contributed by atoms with E-state index in [1.807, 2.05) is 6.92 Å². The smallest absolute Gasteiger partial charge is 0.240 e. The fraction of sp³-hybridized carbons (Fsp3) is 0.250. The molecular weight excluding hydrogens is 168 g/mol. The van der Waals surface area contributed by atoms with E-state index in [2.05, 4.69) is 20.1 Å². The lowest BCUT2D eigenvalue weighted by Crippen LogP contribution is -1.88. The molecule has 0 atom stereocenters. The lowest BCUT2D eigenvalue weighted by Gasteiger charge is -1.87. The molecule has 2 heterocycles. The Hall–Kier alpha value is -1.78. The van der Waals surface area contributed by atoms with Crippen molar-refractivity contribution >= 4 is 0 Å². The molecular formula is C8H8N4O. The molecule has 0 aliphatic heterocycles. The van der Waals surface area contributed by atoms with Gasteiger partial charge in [0.1, 0.15) is 0 Å². The molecule has 5 heteroatoms. The van der Waals surface area contributed by atoms with Crippen LogP contribution in [0.25, 0.3) is 11.6 Å². The Balaban J connectivity index is 2.36. The molecule has 5 nitrogen and oxygen atoms in total. The summed E-state index contributed by atoms with van der Waals surface area (Å²) < 4.78 is 4.93. The zero-order valence-electron chi connectivity index (χ0n) is 7.14. The van der Waals surface area contributed by atoms with Crippen LogP contribution in [0.2, 0.25) is 0 Å². The summed E-state index contributed by atoms with van der Waals surface area (Å²) in [5.41, 5.74) is 0. The summed E-state index contributed by atoms with van der Waals surface area (Å²) in [6.45, 7) is 1.95. The van der Waals surface area contributed by atoms with Crippen molar-refractivity contribution in [1.29, 1.82) is 0 Å². The first kappa shape index (κ1) is 7.85. The standard InChI is InChI=1S/C8H8N4O/c1-2-6-11-8(12-13-6)7-9-4-3-5-10-7/h3-5H,2H2,1H3. The summed E-state index contributed by atoms with van der Waals surface area (Å²) in [4.78, 5) is 12.1. The Morgan fingerprint density at radius 1 is 1.23 bits per heavy atom. The van der Waals surface area contributed by atoms with Gasteiger partial charge < -0.3 is 4.52 Å². The van der Waals surface area contributed by atoms with Crippen molar-refractivity contribution in [3.05, 3.63) is 24.4 Å². The van der Waals surface area contributed by atoms with E-state index in [0.717, 1.165) is 6.42 Å². The van der Waals surface area contributed by atoms with Crippen molar-refractivity contribution in [2.45, 2.75) is 13.3 Å². The molecule has 0 fully saturated rings. The van der Waals surface area contributed by atoms with Crippen molar-refractivity contribution in [2.75, 3.05) is 0 Å². The first-order valence-corrected chi connectivity index (χ1v) is 4.00. The van der Waals surface area contributed by atoms with E-state index < -0.39 is 0 Å². The number of aromatic nitrogens is 4. The zero-order chi connectivity index (χ0) is 9.10. The predicted molar refractivity (Wildman–Crippen MR) is 44.7 cm³/mol. The van der Waals surface area contributed by atoms with Crippen LogP contribution in [0.15, 0.2) is 23.0 Å². The summed E-state index contributed by atoms with van der Waals surface area (Å²) in [6.07, 6.45) is 4.01. The molecule has 0 saturated heterocycles. The number of hydrogen-bond acceptors (Lipinski definition) is 5. The number of nitrogens with zero attached hydrogens (tertiary/aromatic N) is 4. The predicted octanol–water partition coefficient (Wildman–Crippen LogP) is 1.09. The van der Waals surface area contributed by atoms with Gasteiger partial charge >= 0.3 is 0 Å². The molecule has 0 saturated carbocycles. The second kappa shape index (κ2) is 3.30. The third-order valence-corrected chi connectivity index (χ3v) is 1.54. The van der Waals surface area contributed by atoms with Crippen molar-refractivity contribution in [1.82, 2.24) is 20.1 Å². The first-order valence-electron chi connectivity index (χ1n) is 4.00. The van der Waals surface area contributed by atoms with Gasteiger partial charge in [-0.2, -0.15) is 4.98 Å². The van der Waals surface area contributed by atoms with E-state index in [1.165, 1.54) is 0 Å². The number of rotatable bonds is 2. The van der Waals surface area contributed by atoms with Gasteiger partial charge in [-0.05, 0) is 6.07 Å². The third kappa shape index (κ3) is 1.53. The van der Waals surface area contributed by atoms with Crippen LogP contribution >= 0.6 is 0 Å². The van der Waals surface area contributed by atoms with Gasteiger partial charge in [0.25, 0.3) is 0 Å². The lowest BCUT2D eigenvalue weighted by molar-refractivity contribution is 0.382. The van der Waals surface area contributed by atoms with Gasteiger partial charge in [-0.15, -0.1) is 0 Å². The van der Waals surface area contributed by atoms with Gasteiger partial charge in [0.15, 0.2) is 0 Å². The maximum absolute atomic E-state index is 4.93. The van der Waals surface area contributed by atoms with Gasteiger partial charge in [0.2, 0.25) is 17.5 Å². The summed E-state index contributed by atoms with van der Waals surface area (Å²) >= 11 is 0. The van der Waals surface area contributed by atoms with Crippen LogP contribution in [0.1, 0.15) is 12.8 Å². The SMILES string of the molecule is CCc1nc(-c2ncccn2)no1.